The Balaban J connectivity index is 2.43. The molecule has 1 aromatic carbocycles. The smallest absolute Gasteiger partial charge is 0.309 e. The zero-order valence-corrected chi connectivity index (χ0v) is 14.9. The number of hydrogen-bond donors (Lipinski definition) is 1. The lowest BCUT2D eigenvalue weighted by molar-refractivity contribution is -0.139. The van der Waals surface area contributed by atoms with E-state index in [1.165, 1.54) is 7.11 Å². The molecule has 0 fully saturated rings. The molecule has 0 spiro atoms. The van der Waals surface area contributed by atoms with Crippen molar-refractivity contribution in [2.45, 2.75) is 25.8 Å². The topological polar surface area (TPSA) is 103 Å². The number of ether oxygens (including phenoxy) is 2. The third-order valence-electron chi connectivity index (χ3n) is 3.91. The third kappa shape index (κ3) is 3.80. The molecule has 132 valence electrons. The lowest BCUT2D eigenvalue weighted by atomic mass is 10.0. The van der Waals surface area contributed by atoms with Crippen molar-refractivity contribution in [2.24, 2.45) is 0 Å². The summed E-state index contributed by atoms with van der Waals surface area (Å²) in [6, 6.07) is 9.37. The van der Waals surface area contributed by atoms with E-state index in [9.17, 15) is 10.1 Å². The molecule has 0 aliphatic carbocycles. The first-order chi connectivity index (χ1) is 11.8. The van der Waals surface area contributed by atoms with Gasteiger partial charge in [-0.2, -0.15) is 10.4 Å². The molecule has 7 heteroatoms. The van der Waals surface area contributed by atoms with Gasteiger partial charge < -0.3 is 15.2 Å². The monoisotopic (exact) mass is 342 g/mol. The van der Waals surface area contributed by atoms with Crippen molar-refractivity contribution in [1.29, 1.82) is 5.26 Å². The highest BCUT2D eigenvalue weighted by Crippen LogP contribution is 2.30. The van der Waals surface area contributed by atoms with Crippen molar-refractivity contribution in [3.8, 4) is 17.3 Å². The second-order valence-electron chi connectivity index (χ2n) is 6.33. The molecule has 25 heavy (non-hydrogen) atoms. The summed E-state index contributed by atoms with van der Waals surface area (Å²) in [7, 11) is 2.96. The first-order valence-electron chi connectivity index (χ1n) is 7.78. The molecule has 0 saturated carbocycles. The number of benzene rings is 1. The predicted octanol–water partition coefficient (Wildman–Crippen LogP) is 2.10. The fourth-order valence-electron chi connectivity index (χ4n) is 2.64. The van der Waals surface area contributed by atoms with Crippen LogP contribution in [-0.2, 0) is 26.2 Å². The lowest BCUT2D eigenvalue weighted by Crippen LogP contribution is -2.33. The summed E-state index contributed by atoms with van der Waals surface area (Å²) in [6.07, 6.45) is 0.194. The number of nitrogens with two attached hydrogens (primary N) is 1. The number of nitriles is 1. The number of nitrogen functional groups attached to an aromatic ring is 1. The molecule has 1 heterocycles. The Morgan fingerprint density at radius 1 is 1.32 bits per heavy atom. The fourth-order valence-corrected chi connectivity index (χ4v) is 2.64. The molecule has 7 nitrogen and oxygen atoms in total. The standard InChI is InChI=1S/C18H22N4O3/c1-18(2,11-24-3)22-17(20)14(10-19)16(21-22)13-7-5-12(6-8-13)9-15(23)25-4/h5-8H,9,11,20H2,1-4H3. The van der Waals surface area contributed by atoms with Crippen molar-refractivity contribution in [2.75, 3.05) is 26.6 Å². The van der Waals surface area contributed by atoms with Crippen LogP contribution in [0.15, 0.2) is 24.3 Å². The number of hydrogen-bond acceptors (Lipinski definition) is 6. The largest absolute Gasteiger partial charge is 0.469 e. The van der Waals surface area contributed by atoms with Gasteiger partial charge >= 0.3 is 5.97 Å². The minimum absolute atomic E-state index is 0.194. The average Bonchev–Trinajstić information content (AvgIpc) is 2.92. The Kier molecular flexibility index (Phi) is 5.45. The van der Waals surface area contributed by atoms with E-state index in [1.54, 1.807) is 11.8 Å². The van der Waals surface area contributed by atoms with Gasteiger partial charge in [0.2, 0.25) is 0 Å². The van der Waals surface area contributed by atoms with Crippen molar-refractivity contribution >= 4 is 11.8 Å². The molecule has 0 amide bonds. The first kappa shape index (κ1) is 18.5. The molecule has 0 radical (unpaired) electrons. The van der Waals surface area contributed by atoms with E-state index in [-0.39, 0.29) is 12.4 Å². The minimum Gasteiger partial charge on any atom is -0.469 e. The zero-order chi connectivity index (χ0) is 18.6. The van der Waals surface area contributed by atoms with Gasteiger partial charge in [0.1, 0.15) is 23.1 Å². The Hall–Kier alpha value is -2.85. The van der Waals surface area contributed by atoms with Crippen LogP contribution in [-0.4, -0.2) is 36.6 Å². The number of carbonyl (C=O) groups excluding carboxylic acids is 1. The highest BCUT2D eigenvalue weighted by Gasteiger charge is 2.28. The number of esters is 1. The van der Waals surface area contributed by atoms with E-state index in [1.807, 2.05) is 38.1 Å². The van der Waals surface area contributed by atoms with Crippen LogP contribution in [0.25, 0.3) is 11.3 Å². The number of carbonyl (C=O) groups is 1. The van der Waals surface area contributed by atoms with Crippen LogP contribution in [0.5, 0.6) is 0 Å². The number of methoxy groups -OCH3 is 2. The molecular formula is C18H22N4O3. The van der Waals surface area contributed by atoms with Crippen LogP contribution < -0.4 is 5.73 Å². The van der Waals surface area contributed by atoms with E-state index in [2.05, 4.69) is 15.9 Å². The van der Waals surface area contributed by atoms with E-state index < -0.39 is 5.54 Å². The first-order valence-corrected chi connectivity index (χ1v) is 7.78. The Morgan fingerprint density at radius 3 is 2.48 bits per heavy atom. The quantitative estimate of drug-likeness (QED) is 0.806. The number of rotatable bonds is 6. The highest BCUT2D eigenvalue weighted by atomic mass is 16.5. The summed E-state index contributed by atoms with van der Waals surface area (Å²) in [6.45, 7) is 4.27. The van der Waals surface area contributed by atoms with Crippen LogP contribution >= 0.6 is 0 Å². The van der Waals surface area contributed by atoms with Gasteiger partial charge in [-0.25, -0.2) is 4.68 Å². The van der Waals surface area contributed by atoms with E-state index in [4.69, 9.17) is 10.5 Å². The maximum Gasteiger partial charge on any atom is 0.309 e. The van der Waals surface area contributed by atoms with Crippen molar-refractivity contribution in [3.05, 3.63) is 35.4 Å². The SMILES string of the molecule is COCC(C)(C)n1nc(-c2ccc(CC(=O)OC)cc2)c(C#N)c1N. The maximum absolute atomic E-state index is 11.3. The van der Waals surface area contributed by atoms with E-state index in [0.717, 1.165) is 11.1 Å². The van der Waals surface area contributed by atoms with Crippen LogP contribution in [0.3, 0.4) is 0 Å². The van der Waals surface area contributed by atoms with Crippen LogP contribution in [0.1, 0.15) is 25.0 Å². The van der Waals surface area contributed by atoms with Gasteiger partial charge in [-0.1, -0.05) is 24.3 Å². The summed E-state index contributed by atoms with van der Waals surface area (Å²) >= 11 is 0. The lowest BCUT2D eigenvalue weighted by Gasteiger charge is -2.25. The zero-order valence-electron chi connectivity index (χ0n) is 14.9. The fraction of sp³-hybridized carbons (Fsp3) is 0.389. The Labute approximate surface area is 147 Å². The molecule has 1 aromatic heterocycles. The number of nitrogens with zero attached hydrogens (tertiary/aromatic N) is 3. The molecule has 0 bridgehead atoms. The summed E-state index contributed by atoms with van der Waals surface area (Å²) < 4.78 is 11.5. The van der Waals surface area contributed by atoms with Crippen molar-refractivity contribution < 1.29 is 14.3 Å². The molecule has 2 N–H and O–H groups in total. The van der Waals surface area contributed by atoms with Crippen LogP contribution in [0, 0.1) is 11.3 Å². The average molecular weight is 342 g/mol. The highest BCUT2D eigenvalue weighted by molar-refractivity contribution is 5.75. The Bertz CT molecular complexity index is 801. The second kappa shape index (κ2) is 7.36. The molecule has 0 aliphatic heterocycles. The van der Waals surface area contributed by atoms with Crippen molar-refractivity contribution in [3.63, 3.8) is 0 Å². The van der Waals surface area contributed by atoms with Gasteiger partial charge in [-0.05, 0) is 19.4 Å². The molecule has 0 saturated heterocycles. The van der Waals surface area contributed by atoms with Crippen LogP contribution in [0.4, 0.5) is 5.82 Å². The molecule has 2 rings (SSSR count). The normalized spacial score (nSPS) is 11.2. The van der Waals surface area contributed by atoms with Crippen molar-refractivity contribution in [1.82, 2.24) is 9.78 Å². The molecule has 0 unspecified atom stereocenters. The summed E-state index contributed by atoms with van der Waals surface area (Å²) in [5.41, 5.74) is 8.06. The van der Waals surface area contributed by atoms with E-state index in [0.29, 0.717) is 23.7 Å². The van der Waals surface area contributed by atoms with Crippen LogP contribution in [0.2, 0.25) is 0 Å². The maximum atomic E-state index is 11.3. The van der Waals surface area contributed by atoms with E-state index >= 15 is 0 Å². The number of anilines is 1. The van der Waals surface area contributed by atoms with Gasteiger partial charge in [0, 0.05) is 12.7 Å². The number of aromatic nitrogens is 2. The van der Waals surface area contributed by atoms with Gasteiger partial charge in [-0.3, -0.25) is 4.79 Å². The molecule has 2 aromatic rings. The third-order valence-corrected chi connectivity index (χ3v) is 3.91. The summed E-state index contributed by atoms with van der Waals surface area (Å²) in [5.74, 6) is -0.00140. The molecule has 0 atom stereocenters. The predicted molar refractivity (Wildman–Crippen MR) is 93.7 cm³/mol. The van der Waals surface area contributed by atoms with Gasteiger partial charge in [0.25, 0.3) is 0 Å². The van der Waals surface area contributed by atoms with Gasteiger partial charge in [-0.15, -0.1) is 0 Å². The van der Waals surface area contributed by atoms with Gasteiger partial charge in [0.05, 0.1) is 25.7 Å². The van der Waals surface area contributed by atoms with Gasteiger partial charge in [0.15, 0.2) is 0 Å². The minimum atomic E-state index is -0.493. The summed E-state index contributed by atoms with van der Waals surface area (Å²) in [4.78, 5) is 11.3. The molecule has 0 aliphatic rings. The second-order valence-corrected chi connectivity index (χ2v) is 6.33. The molecular weight excluding hydrogens is 320 g/mol. The summed E-state index contributed by atoms with van der Waals surface area (Å²) in [5, 5.41) is 14.0. The Morgan fingerprint density at radius 2 is 1.96 bits per heavy atom.